The lowest BCUT2D eigenvalue weighted by atomic mass is 10.2. The van der Waals surface area contributed by atoms with Gasteiger partial charge in [0.1, 0.15) is 5.82 Å². The second kappa shape index (κ2) is 9.34. The SMILES string of the molecule is CCCCOCCCNC(=O)Nc1cc(C(F)(F)F)ccc1F. The second-order valence-electron chi connectivity index (χ2n) is 4.89. The van der Waals surface area contributed by atoms with E-state index in [1.165, 1.54) is 0 Å². The Morgan fingerprint density at radius 1 is 1.22 bits per heavy atom. The molecule has 1 aromatic carbocycles. The molecule has 0 atom stereocenters. The zero-order valence-corrected chi connectivity index (χ0v) is 12.8. The van der Waals surface area contributed by atoms with Crippen LogP contribution in [0.4, 0.5) is 28.0 Å². The number of rotatable bonds is 8. The molecule has 23 heavy (non-hydrogen) atoms. The third-order valence-corrected chi connectivity index (χ3v) is 2.94. The summed E-state index contributed by atoms with van der Waals surface area (Å²) in [4.78, 5) is 11.5. The molecule has 8 heteroatoms. The number of halogens is 4. The maximum Gasteiger partial charge on any atom is 0.416 e. The minimum Gasteiger partial charge on any atom is -0.381 e. The van der Waals surface area contributed by atoms with Gasteiger partial charge in [-0.05, 0) is 31.0 Å². The Hall–Kier alpha value is -1.83. The summed E-state index contributed by atoms with van der Waals surface area (Å²) in [5.41, 5.74) is -1.55. The van der Waals surface area contributed by atoms with E-state index in [1.54, 1.807) is 0 Å². The van der Waals surface area contributed by atoms with Crippen LogP contribution in [0, 0.1) is 5.82 Å². The highest BCUT2D eigenvalue weighted by molar-refractivity contribution is 5.89. The summed E-state index contributed by atoms with van der Waals surface area (Å²) in [6, 6.07) is 1.08. The number of urea groups is 1. The molecule has 0 heterocycles. The van der Waals surface area contributed by atoms with Gasteiger partial charge in [-0.1, -0.05) is 13.3 Å². The topological polar surface area (TPSA) is 50.4 Å². The molecular formula is C15H20F4N2O2. The van der Waals surface area contributed by atoms with Crippen molar-refractivity contribution in [2.45, 2.75) is 32.4 Å². The predicted molar refractivity (Wildman–Crippen MR) is 78.8 cm³/mol. The van der Waals surface area contributed by atoms with Gasteiger partial charge in [-0.15, -0.1) is 0 Å². The molecule has 0 saturated heterocycles. The van der Waals surface area contributed by atoms with Crippen molar-refractivity contribution < 1.29 is 27.1 Å². The van der Waals surface area contributed by atoms with E-state index in [0.29, 0.717) is 37.8 Å². The standard InChI is InChI=1S/C15H20F4N2O2/c1-2-3-8-23-9-4-7-20-14(22)21-13-10-11(15(17,18)19)5-6-12(13)16/h5-6,10H,2-4,7-9H2,1H3,(H2,20,21,22). The Kier molecular flexibility index (Phi) is 7.80. The van der Waals surface area contributed by atoms with Gasteiger partial charge in [0.05, 0.1) is 11.3 Å². The van der Waals surface area contributed by atoms with Crippen LogP contribution >= 0.6 is 0 Å². The summed E-state index contributed by atoms with van der Waals surface area (Å²) in [5, 5.41) is 4.50. The molecule has 0 spiro atoms. The molecule has 0 unspecified atom stereocenters. The predicted octanol–water partition coefficient (Wildman–Crippen LogP) is 4.17. The summed E-state index contributed by atoms with van der Waals surface area (Å²) in [6.45, 7) is 3.44. The molecule has 2 N–H and O–H groups in total. The first-order chi connectivity index (χ1) is 10.8. The van der Waals surface area contributed by atoms with Crippen molar-refractivity contribution in [3.05, 3.63) is 29.6 Å². The third kappa shape index (κ3) is 7.32. The number of benzene rings is 1. The number of carbonyl (C=O) groups is 1. The molecule has 0 aromatic heterocycles. The molecule has 0 fully saturated rings. The monoisotopic (exact) mass is 336 g/mol. The lowest BCUT2D eigenvalue weighted by Gasteiger charge is -2.11. The largest absolute Gasteiger partial charge is 0.416 e. The van der Waals surface area contributed by atoms with Crippen molar-refractivity contribution in [2.75, 3.05) is 25.1 Å². The minimum absolute atomic E-state index is 0.276. The van der Waals surface area contributed by atoms with E-state index in [2.05, 4.69) is 10.6 Å². The van der Waals surface area contributed by atoms with E-state index in [0.717, 1.165) is 12.8 Å². The number of amides is 2. The van der Waals surface area contributed by atoms with Crippen LogP contribution in [0.2, 0.25) is 0 Å². The van der Waals surface area contributed by atoms with Crippen LogP contribution in [0.5, 0.6) is 0 Å². The van der Waals surface area contributed by atoms with Crippen LogP contribution in [0.15, 0.2) is 18.2 Å². The van der Waals surface area contributed by atoms with Gasteiger partial charge in [0.2, 0.25) is 0 Å². The molecular weight excluding hydrogens is 316 g/mol. The molecule has 0 saturated carbocycles. The van der Waals surface area contributed by atoms with Gasteiger partial charge in [0, 0.05) is 19.8 Å². The average molecular weight is 336 g/mol. The van der Waals surface area contributed by atoms with Crippen LogP contribution in [0.25, 0.3) is 0 Å². The Morgan fingerprint density at radius 2 is 1.91 bits per heavy atom. The molecule has 0 aliphatic carbocycles. The Morgan fingerprint density at radius 3 is 2.57 bits per heavy atom. The van der Waals surface area contributed by atoms with E-state index in [4.69, 9.17) is 4.74 Å². The summed E-state index contributed by atoms with van der Waals surface area (Å²) in [5.74, 6) is -0.934. The number of ether oxygens (including phenoxy) is 1. The van der Waals surface area contributed by atoms with E-state index in [1.807, 2.05) is 6.92 Å². The summed E-state index contributed by atoms with van der Waals surface area (Å²) < 4.78 is 56.4. The van der Waals surface area contributed by atoms with Gasteiger partial charge in [-0.3, -0.25) is 0 Å². The molecule has 130 valence electrons. The van der Waals surface area contributed by atoms with Crippen LogP contribution in [-0.2, 0) is 10.9 Å². The van der Waals surface area contributed by atoms with Gasteiger partial charge in [-0.2, -0.15) is 13.2 Å². The van der Waals surface area contributed by atoms with Crippen molar-refractivity contribution in [1.29, 1.82) is 0 Å². The van der Waals surface area contributed by atoms with Crippen molar-refractivity contribution in [3.63, 3.8) is 0 Å². The number of hydrogen-bond acceptors (Lipinski definition) is 2. The fourth-order valence-electron chi connectivity index (χ4n) is 1.69. The maximum absolute atomic E-state index is 13.4. The molecule has 1 rings (SSSR count). The fraction of sp³-hybridized carbons (Fsp3) is 0.533. The first-order valence-electron chi connectivity index (χ1n) is 7.34. The zero-order valence-electron chi connectivity index (χ0n) is 12.8. The molecule has 2 amide bonds. The van der Waals surface area contributed by atoms with Crippen molar-refractivity contribution in [1.82, 2.24) is 5.32 Å². The van der Waals surface area contributed by atoms with Crippen LogP contribution < -0.4 is 10.6 Å². The normalized spacial score (nSPS) is 11.3. The second-order valence-corrected chi connectivity index (χ2v) is 4.89. The first-order valence-corrected chi connectivity index (χ1v) is 7.34. The zero-order chi connectivity index (χ0) is 17.3. The number of nitrogens with one attached hydrogen (secondary N) is 2. The highest BCUT2D eigenvalue weighted by Gasteiger charge is 2.31. The molecule has 0 radical (unpaired) electrons. The lowest BCUT2D eigenvalue weighted by Crippen LogP contribution is -2.30. The minimum atomic E-state index is -4.60. The Labute approximate surface area is 132 Å². The summed E-state index contributed by atoms with van der Waals surface area (Å²) >= 11 is 0. The van der Waals surface area contributed by atoms with Crippen molar-refractivity contribution in [3.8, 4) is 0 Å². The van der Waals surface area contributed by atoms with Gasteiger partial charge in [0.25, 0.3) is 0 Å². The van der Waals surface area contributed by atoms with Crippen LogP contribution in [-0.4, -0.2) is 25.8 Å². The third-order valence-electron chi connectivity index (χ3n) is 2.94. The van der Waals surface area contributed by atoms with Gasteiger partial charge < -0.3 is 15.4 Å². The number of anilines is 1. The van der Waals surface area contributed by atoms with Crippen LogP contribution in [0.1, 0.15) is 31.7 Å². The van der Waals surface area contributed by atoms with E-state index < -0.39 is 29.3 Å². The van der Waals surface area contributed by atoms with E-state index in [-0.39, 0.29) is 6.54 Å². The molecule has 1 aromatic rings. The molecule has 4 nitrogen and oxygen atoms in total. The number of unbranched alkanes of at least 4 members (excludes halogenated alkanes) is 1. The number of carbonyl (C=O) groups excluding carboxylic acids is 1. The molecule has 0 aliphatic rings. The van der Waals surface area contributed by atoms with Gasteiger partial charge in [-0.25, -0.2) is 9.18 Å². The van der Waals surface area contributed by atoms with E-state index >= 15 is 0 Å². The Bertz CT molecular complexity index is 507. The van der Waals surface area contributed by atoms with Gasteiger partial charge >= 0.3 is 12.2 Å². The van der Waals surface area contributed by atoms with Crippen molar-refractivity contribution >= 4 is 11.7 Å². The van der Waals surface area contributed by atoms with Crippen LogP contribution in [0.3, 0.4) is 0 Å². The first kappa shape index (κ1) is 19.2. The highest BCUT2D eigenvalue weighted by Crippen LogP contribution is 2.31. The summed E-state index contributed by atoms with van der Waals surface area (Å²) in [7, 11) is 0. The maximum atomic E-state index is 13.4. The highest BCUT2D eigenvalue weighted by atomic mass is 19.4. The lowest BCUT2D eigenvalue weighted by molar-refractivity contribution is -0.137. The smallest absolute Gasteiger partial charge is 0.381 e. The molecule has 0 bridgehead atoms. The van der Waals surface area contributed by atoms with Gasteiger partial charge in [0.15, 0.2) is 0 Å². The van der Waals surface area contributed by atoms with Crippen molar-refractivity contribution in [2.24, 2.45) is 0 Å². The fourth-order valence-corrected chi connectivity index (χ4v) is 1.69. The Balaban J connectivity index is 2.39. The number of hydrogen-bond donors (Lipinski definition) is 2. The summed E-state index contributed by atoms with van der Waals surface area (Å²) in [6.07, 6.45) is -2.05. The van der Waals surface area contributed by atoms with E-state index in [9.17, 15) is 22.4 Å². The quantitative estimate of drug-likeness (QED) is 0.553. The average Bonchev–Trinajstić information content (AvgIpc) is 2.47. The molecule has 0 aliphatic heterocycles. The number of alkyl halides is 3.